The molecule has 2 heterocycles. The zero-order valence-corrected chi connectivity index (χ0v) is 16.6. The Hall–Kier alpha value is -2.05. The van der Waals surface area contributed by atoms with Crippen LogP contribution in [0.5, 0.6) is 0 Å². The van der Waals surface area contributed by atoms with Crippen molar-refractivity contribution in [2.24, 2.45) is 5.92 Å². The molecule has 140 valence electrons. The standard InChI is InChI=1S/C22H26N4S/c1-15-8-9-18(10-16(15)2)21-19(12-25-26-21)11-23-13-20-22(24-14-27-20)17-6-4-3-5-7-17/h3-10,14,19,21,23,25-26H,11-13H2,1-2H3. The lowest BCUT2D eigenvalue weighted by molar-refractivity contribution is 0.442. The van der Waals surface area contributed by atoms with Crippen molar-refractivity contribution in [3.8, 4) is 11.3 Å². The van der Waals surface area contributed by atoms with Crippen LogP contribution >= 0.6 is 11.3 Å². The van der Waals surface area contributed by atoms with Crippen LogP contribution in [-0.2, 0) is 6.54 Å². The van der Waals surface area contributed by atoms with E-state index in [1.807, 2.05) is 11.6 Å². The highest BCUT2D eigenvalue weighted by molar-refractivity contribution is 7.10. The second kappa shape index (κ2) is 8.31. The predicted octanol–water partition coefficient (Wildman–Crippen LogP) is 3.98. The van der Waals surface area contributed by atoms with Crippen molar-refractivity contribution in [2.45, 2.75) is 26.4 Å². The number of hydrazine groups is 1. The quantitative estimate of drug-likeness (QED) is 0.607. The second-order valence-corrected chi connectivity index (χ2v) is 8.17. The number of nitrogens with one attached hydrogen (secondary N) is 3. The Kier molecular flexibility index (Phi) is 5.64. The summed E-state index contributed by atoms with van der Waals surface area (Å²) in [5.41, 5.74) is 15.1. The molecule has 0 amide bonds. The fourth-order valence-electron chi connectivity index (χ4n) is 3.64. The molecule has 0 bridgehead atoms. The summed E-state index contributed by atoms with van der Waals surface area (Å²) in [6.07, 6.45) is 0. The van der Waals surface area contributed by atoms with Crippen LogP contribution < -0.4 is 16.2 Å². The first kappa shape index (κ1) is 18.3. The Bertz CT molecular complexity index is 890. The van der Waals surface area contributed by atoms with Crippen LogP contribution in [0.4, 0.5) is 0 Å². The molecule has 1 aliphatic rings. The van der Waals surface area contributed by atoms with Gasteiger partial charge in [0.25, 0.3) is 0 Å². The van der Waals surface area contributed by atoms with E-state index in [1.54, 1.807) is 11.3 Å². The number of benzene rings is 2. The minimum absolute atomic E-state index is 0.340. The van der Waals surface area contributed by atoms with Gasteiger partial charge in [-0.05, 0) is 30.5 Å². The van der Waals surface area contributed by atoms with E-state index in [0.717, 1.165) is 25.3 Å². The molecule has 4 nitrogen and oxygen atoms in total. The number of nitrogens with zero attached hydrogens (tertiary/aromatic N) is 1. The summed E-state index contributed by atoms with van der Waals surface area (Å²) in [5.74, 6) is 0.514. The molecule has 27 heavy (non-hydrogen) atoms. The maximum absolute atomic E-state index is 4.57. The van der Waals surface area contributed by atoms with Gasteiger partial charge in [-0.25, -0.2) is 10.4 Å². The topological polar surface area (TPSA) is 49.0 Å². The van der Waals surface area contributed by atoms with Gasteiger partial charge in [0, 0.05) is 36.0 Å². The Labute approximate surface area is 165 Å². The molecular formula is C22H26N4S. The Morgan fingerprint density at radius 1 is 1.11 bits per heavy atom. The lowest BCUT2D eigenvalue weighted by atomic mass is 9.92. The monoisotopic (exact) mass is 378 g/mol. The highest BCUT2D eigenvalue weighted by Crippen LogP contribution is 2.27. The summed E-state index contributed by atoms with van der Waals surface area (Å²) < 4.78 is 0. The van der Waals surface area contributed by atoms with Gasteiger partial charge in [0.15, 0.2) is 0 Å². The van der Waals surface area contributed by atoms with Crippen LogP contribution in [0.2, 0.25) is 0 Å². The molecule has 2 unspecified atom stereocenters. The van der Waals surface area contributed by atoms with E-state index >= 15 is 0 Å². The number of hydrogen-bond donors (Lipinski definition) is 3. The van der Waals surface area contributed by atoms with E-state index in [9.17, 15) is 0 Å². The second-order valence-electron chi connectivity index (χ2n) is 7.23. The average Bonchev–Trinajstić information content (AvgIpc) is 3.34. The van der Waals surface area contributed by atoms with Crippen LogP contribution in [0.1, 0.15) is 27.6 Å². The van der Waals surface area contributed by atoms with E-state index in [4.69, 9.17) is 0 Å². The summed E-state index contributed by atoms with van der Waals surface area (Å²) in [5, 5.41) is 3.66. The third-order valence-corrected chi connectivity index (χ3v) is 6.20. The fraction of sp³-hybridized carbons (Fsp3) is 0.318. The highest BCUT2D eigenvalue weighted by atomic mass is 32.1. The van der Waals surface area contributed by atoms with E-state index in [2.05, 4.69) is 77.5 Å². The summed E-state index contributed by atoms with van der Waals surface area (Å²) in [6.45, 7) is 7.13. The van der Waals surface area contributed by atoms with E-state index < -0.39 is 0 Å². The largest absolute Gasteiger partial charge is 0.311 e. The van der Waals surface area contributed by atoms with Crippen molar-refractivity contribution in [2.75, 3.05) is 13.1 Å². The summed E-state index contributed by atoms with van der Waals surface area (Å²) in [7, 11) is 0. The van der Waals surface area contributed by atoms with Gasteiger partial charge in [0.1, 0.15) is 0 Å². The molecule has 0 radical (unpaired) electrons. The highest BCUT2D eigenvalue weighted by Gasteiger charge is 2.28. The van der Waals surface area contributed by atoms with E-state index in [0.29, 0.717) is 12.0 Å². The van der Waals surface area contributed by atoms with Crippen LogP contribution in [0, 0.1) is 19.8 Å². The lowest BCUT2D eigenvalue weighted by Crippen LogP contribution is -2.28. The van der Waals surface area contributed by atoms with Gasteiger partial charge in [0.2, 0.25) is 0 Å². The van der Waals surface area contributed by atoms with E-state index in [1.165, 1.54) is 27.1 Å². The predicted molar refractivity (Wildman–Crippen MR) is 113 cm³/mol. The molecule has 5 heteroatoms. The Balaban J connectivity index is 1.39. The number of aryl methyl sites for hydroxylation is 2. The number of hydrogen-bond acceptors (Lipinski definition) is 5. The number of aromatic nitrogens is 1. The van der Waals surface area contributed by atoms with Gasteiger partial charge in [-0.3, -0.25) is 5.43 Å². The molecule has 2 atom stereocenters. The Morgan fingerprint density at radius 3 is 2.78 bits per heavy atom. The SMILES string of the molecule is Cc1ccc(C2NNCC2CNCc2scnc2-c2ccccc2)cc1C. The molecule has 1 saturated heterocycles. The van der Waals surface area contributed by atoms with E-state index in [-0.39, 0.29) is 0 Å². The van der Waals surface area contributed by atoms with Crippen LogP contribution in [0.15, 0.2) is 54.0 Å². The van der Waals surface area contributed by atoms with Crippen molar-refractivity contribution in [3.63, 3.8) is 0 Å². The molecular weight excluding hydrogens is 352 g/mol. The molecule has 1 aromatic heterocycles. The van der Waals surface area contributed by atoms with Gasteiger partial charge in [-0.15, -0.1) is 11.3 Å². The zero-order chi connectivity index (χ0) is 18.6. The first-order valence-corrected chi connectivity index (χ1v) is 10.3. The molecule has 3 aromatic rings. The van der Waals surface area contributed by atoms with Crippen LogP contribution in [-0.4, -0.2) is 18.1 Å². The molecule has 0 spiro atoms. The molecule has 1 fully saturated rings. The van der Waals surface area contributed by atoms with Crippen molar-refractivity contribution in [3.05, 3.63) is 75.6 Å². The fourth-order valence-corrected chi connectivity index (χ4v) is 4.39. The van der Waals surface area contributed by atoms with Gasteiger partial charge in [-0.2, -0.15) is 0 Å². The minimum atomic E-state index is 0.340. The summed E-state index contributed by atoms with van der Waals surface area (Å²) >= 11 is 1.72. The first-order valence-electron chi connectivity index (χ1n) is 9.46. The number of rotatable bonds is 6. The third-order valence-electron chi connectivity index (χ3n) is 5.36. The first-order chi connectivity index (χ1) is 13.2. The molecule has 2 aromatic carbocycles. The van der Waals surface area contributed by atoms with Gasteiger partial charge >= 0.3 is 0 Å². The summed E-state index contributed by atoms with van der Waals surface area (Å²) in [6, 6.07) is 17.5. The molecule has 3 N–H and O–H groups in total. The normalized spacial score (nSPS) is 19.5. The molecule has 0 saturated carbocycles. The maximum Gasteiger partial charge on any atom is 0.0856 e. The third kappa shape index (κ3) is 4.12. The smallest absolute Gasteiger partial charge is 0.0856 e. The maximum atomic E-state index is 4.57. The Morgan fingerprint density at radius 2 is 1.96 bits per heavy atom. The molecule has 1 aliphatic heterocycles. The number of thiazole rings is 1. The average molecular weight is 379 g/mol. The van der Waals surface area contributed by atoms with Crippen LogP contribution in [0.3, 0.4) is 0 Å². The van der Waals surface area contributed by atoms with Crippen molar-refractivity contribution >= 4 is 11.3 Å². The molecule has 4 rings (SSSR count). The van der Waals surface area contributed by atoms with Gasteiger partial charge in [-0.1, -0.05) is 48.5 Å². The molecule has 0 aliphatic carbocycles. The van der Waals surface area contributed by atoms with Crippen molar-refractivity contribution in [1.82, 2.24) is 21.2 Å². The minimum Gasteiger partial charge on any atom is -0.311 e. The van der Waals surface area contributed by atoms with Crippen molar-refractivity contribution in [1.29, 1.82) is 0 Å². The summed E-state index contributed by atoms with van der Waals surface area (Å²) in [4.78, 5) is 5.87. The lowest BCUT2D eigenvalue weighted by Gasteiger charge is -2.20. The zero-order valence-electron chi connectivity index (χ0n) is 15.8. The van der Waals surface area contributed by atoms with Gasteiger partial charge in [0.05, 0.1) is 17.2 Å². The van der Waals surface area contributed by atoms with Crippen molar-refractivity contribution < 1.29 is 0 Å². The van der Waals surface area contributed by atoms with Crippen LogP contribution in [0.25, 0.3) is 11.3 Å². The van der Waals surface area contributed by atoms with Gasteiger partial charge < -0.3 is 5.32 Å².